The minimum Gasteiger partial charge on any atom is -0.383 e. The second-order valence-corrected chi connectivity index (χ2v) is 4.41. The third-order valence-corrected chi connectivity index (χ3v) is 2.97. The zero-order valence-electron chi connectivity index (χ0n) is 10.1. The normalized spacial score (nSPS) is 23.9. The Hall–Kier alpha value is -0.610. The Bertz CT molecular complexity index is 219. The zero-order chi connectivity index (χ0) is 11.4. The molecule has 15 heavy (non-hydrogen) atoms. The summed E-state index contributed by atoms with van der Waals surface area (Å²) in [7, 11) is 1.68. The average Bonchev–Trinajstić information content (AvgIpc) is 2.57. The van der Waals surface area contributed by atoms with Crippen LogP contribution < -0.4 is 5.32 Å². The zero-order valence-corrected chi connectivity index (χ0v) is 10.1. The molecule has 1 aliphatic rings. The summed E-state index contributed by atoms with van der Waals surface area (Å²) in [5, 5.41) is 3.25. The maximum Gasteiger partial charge on any atom is 0.241 e. The maximum absolute atomic E-state index is 12.0. The maximum atomic E-state index is 12.0. The van der Waals surface area contributed by atoms with Crippen LogP contribution in [-0.4, -0.2) is 43.3 Å². The molecule has 0 aromatic heterocycles. The predicted octanol–water partition coefficient (Wildman–Crippen LogP) is 0.825. The first-order chi connectivity index (χ1) is 7.11. The molecule has 0 aromatic rings. The molecule has 0 radical (unpaired) electrons. The van der Waals surface area contributed by atoms with E-state index >= 15 is 0 Å². The van der Waals surface area contributed by atoms with Crippen molar-refractivity contribution in [1.29, 1.82) is 0 Å². The molecular formula is C11H22N2O2. The summed E-state index contributed by atoms with van der Waals surface area (Å²) in [6.45, 7) is 7.49. The fourth-order valence-corrected chi connectivity index (χ4v) is 1.99. The van der Waals surface area contributed by atoms with E-state index in [1.165, 1.54) is 0 Å². The molecule has 0 bridgehead atoms. The number of rotatable bonds is 5. The molecule has 1 heterocycles. The molecule has 1 amide bonds. The molecule has 1 aliphatic heterocycles. The van der Waals surface area contributed by atoms with Crippen LogP contribution in [0.1, 0.15) is 27.2 Å². The molecule has 0 saturated carbocycles. The molecule has 4 heteroatoms. The Morgan fingerprint density at radius 3 is 2.67 bits per heavy atom. The quantitative estimate of drug-likeness (QED) is 0.737. The SMILES string of the molecule is CCC(COC)N1CNC(C(C)C)C1=O. The van der Waals surface area contributed by atoms with Crippen LogP contribution in [0.4, 0.5) is 0 Å². The van der Waals surface area contributed by atoms with Gasteiger partial charge in [0.15, 0.2) is 0 Å². The lowest BCUT2D eigenvalue weighted by Crippen LogP contribution is -2.41. The van der Waals surface area contributed by atoms with E-state index in [4.69, 9.17) is 4.74 Å². The van der Waals surface area contributed by atoms with E-state index in [2.05, 4.69) is 26.1 Å². The van der Waals surface area contributed by atoms with E-state index in [0.29, 0.717) is 19.2 Å². The molecule has 1 N–H and O–H groups in total. The molecule has 4 nitrogen and oxygen atoms in total. The van der Waals surface area contributed by atoms with E-state index in [-0.39, 0.29) is 18.0 Å². The van der Waals surface area contributed by atoms with Gasteiger partial charge >= 0.3 is 0 Å². The summed E-state index contributed by atoms with van der Waals surface area (Å²) in [5.41, 5.74) is 0. The van der Waals surface area contributed by atoms with Crippen molar-refractivity contribution in [2.75, 3.05) is 20.4 Å². The summed E-state index contributed by atoms with van der Waals surface area (Å²) in [6, 6.07) is 0.189. The summed E-state index contributed by atoms with van der Waals surface area (Å²) in [4.78, 5) is 13.9. The van der Waals surface area contributed by atoms with Crippen molar-refractivity contribution in [3.05, 3.63) is 0 Å². The van der Waals surface area contributed by atoms with Gasteiger partial charge in [-0.05, 0) is 12.3 Å². The third kappa shape index (κ3) is 2.69. The van der Waals surface area contributed by atoms with Gasteiger partial charge in [-0.3, -0.25) is 10.1 Å². The predicted molar refractivity (Wildman–Crippen MR) is 59.4 cm³/mol. The molecule has 1 saturated heterocycles. The van der Waals surface area contributed by atoms with Crippen LogP contribution in [0.2, 0.25) is 0 Å². The van der Waals surface area contributed by atoms with Crippen LogP contribution in [0.5, 0.6) is 0 Å². The highest BCUT2D eigenvalue weighted by Crippen LogP contribution is 2.16. The van der Waals surface area contributed by atoms with Gasteiger partial charge < -0.3 is 9.64 Å². The van der Waals surface area contributed by atoms with Crippen LogP contribution in [0.3, 0.4) is 0 Å². The molecule has 88 valence electrons. The first-order valence-corrected chi connectivity index (χ1v) is 5.64. The second kappa shape index (κ2) is 5.47. The van der Waals surface area contributed by atoms with Gasteiger partial charge in [0.1, 0.15) is 0 Å². The molecular weight excluding hydrogens is 192 g/mol. The molecule has 2 atom stereocenters. The number of nitrogens with zero attached hydrogens (tertiary/aromatic N) is 1. The van der Waals surface area contributed by atoms with Crippen molar-refractivity contribution < 1.29 is 9.53 Å². The van der Waals surface area contributed by atoms with Crippen molar-refractivity contribution in [1.82, 2.24) is 10.2 Å². The van der Waals surface area contributed by atoms with Gasteiger partial charge in [0, 0.05) is 7.11 Å². The first kappa shape index (κ1) is 12.5. The van der Waals surface area contributed by atoms with Crippen molar-refractivity contribution >= 4 is 5.91 Å². The van der Waals surface area contributed by atoms with Gasteiger partial charge in [-0.2, -0.15) is 0 Å². The van der Waals surface area contributed by atoms with E-state index in [1.807, 2.05) is 4.90 Å². The largest absolute Gasteiger partial charge is 0.383 e. The number of methoxy groups -OCH3 is 1. The number of nitrogens with one attached hydrogen (secondary N) is 1. The van der Waals surface area contributed by atoms with E-state index in [1.54, 1.807) is 7.11 Å². The van der Waals surface area contributed by atoms with Gasteiger partial charge in [0.05, 0.1) is 25.4 Å². The Balaban J connectivity index is 2.61. The third-order valence-electron chi connectivity index (χ3n) is 2.97. The lowest BCUT2D eigenvalue weighted by atomic mass is 10.0. The fourth-order valence-electron chi connectivity index (χ4n) is 1.99. The topological polar surface area (TPSA) is 41.6 Å². The summed E-state index contributed by atoms with van der Waals surface area (Å²) in [5.74, 6) is 0.566. The number of carbonyl (C=O) groups excluding carboxylic acids is 1. The first-order valence-electron chi connectivity index (χ1n) is 5.64. The highest BCUT2D eigenvalue weighted by Gasteiger charge is 2.36. The van der Waals surface area contributed by atoms with Crippen molar-refractivity contribution in [3.63, 3.8) is 0 Å². The monoisotopic (exact) mass is 214 g/mol. The molecule has 1 fully saturated rings. The number of ether oxygens (including phenoxy) is 1. The van der Waals surface area contributed by atoms with Gasteiger partial charge in [-0.25, -0.2) is 0 Å². The van der Waals surface area contributed by atoms with Crippen LogP contribution in [-0.2, 0) is 9.53 Å². The Labute approximate surface area is 92.0 Å². The number of amides is 1. The summed E-state index contributed by atoms with van der Waals surface area (Å²) in [6.07, 6.45) is 0.937. The molecule has 0 spiro atoms. The average molecular weight is 214 g/mol. The van der Waals surface area contributed by atoms with Crippen molar-refractivity contribution in [2.45, 2.75) is 39.3 Å². The minimum atomic E-state index is -0.0177. The highest BCUT2D eigenvalue weighted by molar-refractivity contribution is 5.84. The molecule has 1 rings (SSSR count). The van der Waals surface area contributed by atoms with Gasteiger partial charge in [0.2, 0.25) is 5.91 Å². The molecule has 0 aromatic carbocycles. The number of carbonyl (C=O) groups is 1. The lowest BCUT2D eigenvalue weighted by Gasteiger charge is -2.26. The van der Waals surface area contributed by atoms with Crippen molar-refractivity contribution in [2.24, 2.45) is 5.92 Å². The van der Waals surface area contributed by atoms with E-state index in [9.17, 15) is 4.79 Å². The van der Waals surface area contributed by atoms with Crippen LogP contribution in [0, 0.1) is 5.92 Å². The second-order valence-electron chi connectivity index (χ2n) is 4.41. The summed E-state index contributed by atoms with van der Waals surface area (Å²) >= 11 is 0. The highest BCUT2D eigenvalue weighted by atomic mass is 16.5. The number of hydrogen-bond acceptors (Lipinski definition) is 3. The number of hydrogen-bond donors (Lipinski definition) is 1. The Morgan fingerprint density at radius 2 is 2.27 bits per heavy atom. The minimum absolute atomic E-state index is 0.0177. The van der Waals surface area contributed by atoms with E-state index < -0.39 is 0 Å². The molecule has 0 aliphatic carbocycles. The van der Waals surface area contributed by atoms with E-state index in [0.717, 1.165) is 6.42 Å². The standard InChI is InChI=1S/C11H22N2O2/c1-5-9(6-15-4)13-7-12-10(8(2)3)11(13)14/h8-10,12H,5-7H2,1-4H3. The fraction of sp³-hybridized carbons (Fsp3) is 0.909. The Kier molecular flexibility index (Phi) is 4.54. The Morgan fingerprint density at radius 1 is 1.60 bits per heavy atom. The van der Waals surface area contributed by atoms with Gasteiger partial charge in [-0.1, -0.05) is 20.8 Å². The van der Waals surface area contributed by atoms with Crippen molar-refractivity contribution in [3.8, 4) is 0 Å². The molecule has 2 unspecified atom stereocenters. The van der Waals surface area contributed by atoms with Crippen LogP contribution in [0.25, 0.3) is 0 Å². The van der Waals surface area contributed by atoms with Gasteiger partial charge in [-0.15, -0.1) is 0 Å². The van der Waals surface area contributed by atoms with Gasteiger partial charge in [0.25, 0.3) is 0 Å². The van der Waals surface area contributed by atoms with Crippen LogP contribution in [0.15, 0.2) is 0 Å². The smallest absolute Gasteiger partial charge is 0.241 e. The lowest BCUT2D eigenvalue weighted by molar-refractivity contribution is -0.132. The van der Waals surface area contributed by atoms with Crippen LogP contribution >= 0.6 is 0 Å². The summed E-state index contributed by atoms with van der Waals surface area (Å²) < 4.78 is 5.13.